The Kier molecular flexibility index (Phi) is 4.58. The molecule has 2 nitrogen and oxygen atoms in total. The van der Waals surface area contributed by atoms with E-state index in [9.17, 15) is 0 Å². The minimum Gasteiger partial charge on any atom is -0.352 e. The summed E-state index contributed by atoms with van der Waals surface area (Å²) in [7, 11) is 0. The molecule has 4 rings (SSSR count). The van der Waals surface area contributed by atoms with Crippen LogP contribution in [-0.4, -0.2) is 10.0 Å². The summed E-state index contributed by atoms with van der Waals surface area (Å²) < 4.78 is 0. The Morgan fingerprint density at radius 2 is 1.72 bits per heavy atom. The van der Waals surface area contributed by atoms with Gasteiger partial charge in [0.2, 0.25) is 0 Å². The standard InChI is InChI=1S/C22H24N2S/c1-16-11-13-18(14-12-16)21-19-9-5-6-10-20(19)24(22(25)23-21)15-17-7-3-2-4-8-17/h2-4,7-8,11-14,21H,5-6,9-10,15H2,1H3,(H,23,25)/t21-/m0/s1. The van der Waals surface area contributed by atoms with Crippen molar-refractivity contribution in [2.24, 2.45) is 0 Å². The summed E-state index contributed by atoms with van der Waals surface area (Å²) in [5.41, 5.74) is 6.90. The van der Waals surface area contributed by atoms with Gasteiger partial charge >= 0.3 is 0 Å². The van der Waals surface area contributed by atoms with Crippen molar-refractivity contribution in [1.82, 2.24) is 10.2 Å². The first kappa shape index (κ1) is 16.3. The first-order valence-corrected chi connectivity index (χ1v) is 9.53. The number of nitrogens with zero attached hydrogens (tertiary/aromatic N) is 1. The number of thiocarbonyl (C=S) groups is 1. The first-order valence-electron chi connectivity index (χ1n) is 9.13. The summed E-state index contributed by atoms with van der Waals surface area (Å²) in [4.78, 5) is 2.32. The minimum atomic E-state index is 0.232. The van der Waals surface area contributed by atoms with Crippen LogP contribution in [0.25, 0.3) is 0 Å². The van der Waals surface area contributed by atoms with Gasteiger partial charge in [0.15, 0.2) is 5.11 Å². The van der Waals surface area contributed by atoms with E-state index in [2.05, 4.69) is 71.7 Å². The van der Waals surface area contributed by atoms with Crippen LogP contribution in [0.1, 0.15) is 48.4 Å². The molecule has 25 heavy (non-hydrogen) atoms. The van der Waals surface area contributed by atoms with E-state index in [1.165, 1.54) is 40.8 Å². The monoisotopic (exact) mass is 348 g/mol. The zero-order valence-electron chi connectivity index (χ0n) is 14.7. The molecule has 128 valence electrons. The van der Waals surface area contributed by atoms with Crippen LogP contribution in [0.2, 0.25) is 0 Å². The first-order chi connectivity index (χ1) is 12.2. The van der Waals surface area contributed by atoms with Gasteiger partial charge in [-0.25, -0.2) is 0 Å². The van der Waals surface area contributed by atoms with Crippen molar-refractivity contribution in [2.75, 3.05) is 0 Å². The number of benzene rings is 2. The van der Waals surface area contributed by atoms with Crippen LogP contribution in [0.15, 0.2) is 65.9 Å². The number of hydrogen-bond donors (Lipinski definition) is 1. The second-order valence-corrected chi connectivity index (χ2v) is 7.43. The number of hydrogen-bond acceptors (Lipinski definition) is 1. The molecule has 0 aromatic heterocycles. The lowest BCUT2D eigenvalue weighted by Crippen LogP contribution is -2.47. The molecular formula is C22H24N2S. The summed E-state index contributed by atoms with van der Waals surface area (Å²) in [6, 6.07) is 19.7. The van der Waals surface area contributed by atoms with Gasteiger partial charge in [-0.3, -0.25) is 0 Å². The van der Waals surface area contributed by atoms with Crippen LogP contribution in [0.3, 0.4) is 0 Å². The minimum absolute atomic E-state index is 0.232. The topological polar surface area (TPSA) is 15.3 Å². The predicted octanol–water partition coefficient (Wildman–Crippen LogP) is 5.25. The Hall–Kier alpha value is -2.13. The third-order valence-electron chi connectivity index (χ3n) is 5.26. The molecule has 0 fully saturated rings. The maximum atomic E-state index is 5.78. The molecule has 2 aromatic carbocycles. The predicted molar refractivity (Wildman–Crippen MR) is 107 cm³/mol. The van der Waals surface area contributed by atoms with Crippen molar-refractivity contribution in [1.29, 1.82) is 0 Å². The summed E-state index contributed by atoms with van der Waals surface area (Å²) >= 11 is 5.78. The second kappa shape index (κ2) is 7.01. The Morgan fingerprint density at radius 3 is 2.48 bits per heavy atom. The van der Waals surface area contributed by atoms with Gasteiger partial charge in [-0.05, 0) is 61.5 Å². The van der Waals surface area contributed by atoms with Crippen LogP contribution in [0.4, 0.5) is 0 Å². The van der Waals surface area contributed by atoms with E-state index in [-0.39, 0.29) is 6.04 Å². The fourth-order valence-corrected chi connectivity index (χ4v) is 4.21. The van der Waals surface area contributed by atoms with Crippen molar-refractivity contribution in [3.05, 3.63) is 82.6 Å². The normalized spacial score (nSPS) is 20.3. The summed E-state index contributed by atoms with van der Waals surface area (Å²) in [6.45, 7) is 2.99. The molecule has 0 unspecified atom stereocenters. The smallest absolute Gasteiger partial charge is 0.174 e. The lowest BCUT2D eigenvalue weighted by molar-refractivity contribution is 0.398. The van der Waals surface area contributed by atoms with Crippen LogP contribution in [-0.2, 0) is 6.54 Å². The highest BCUT2D eigenvalue weighted by Crippen LogP contribution is 2.39. The number of rotatable bonds is 3. The fourth-order valence-electron chi connectivity index (χ4n) is 3.92. The SMILES string of the molecule is Cc1ccc([C@@H]2NC(=S)N(Cc3ccccc3)C3=C2CCCC3)cc1. The van der Waals surface area contributed by atoms with Gasteiger partial charge in [-0.2, -0.15) is 0 Å². The molecule has 1 N–H and O–H groups in total. The van der Waals surface area contributed by atoms with Crippen LogP contribution in [0, 0.1) is 6.92 Å². The molecular weight excluding hydrogens is 324 g/mol. The van der Waals surface area contributed by atoms with E-state index < -0.39 is 0 Å². The Balaban J connectivity index is 1.70. The third kappa shape index (κ3) is 3.34. The van der Waals surface area contributed by atoms with E-state index in [4.69, 9.17) is 12.2 Å². The lowest BCUT2D eigenvalue weighted by atomic mass is 9.85. The quantitative estimate of drug-likeness (QED) is 0.762. The fraction of sp³-hybridized carbons (Fsp3) is 0.318. The van der Waals surface area contributed by atoms with Gasteiger partial charge in [0, 0.05) is 12.2 Å². The van der Waals surface area contributed by atoms with Gasteiger partial charge in [-0.15, -0.1) is 0 Å². The number of aryl methyl sites for hydroxylation is 1. The van der Waals surface area contributed by atoms with E-state index in [0.717, 1.165) is 24.5 Å². The molecule has 3 heteroatoms. The van der Waals surface area contributed by atoms with Gasteiger partial charge in [-0.1, -0.05) is 60.2 Å². The Morgan fingerprint density at radius 1 is 1.00 bits per heavy atom. The molecule has 0 radical (unpaired) electrons. The van der Waals surface area contributed by atoms with Crippen LogP contribution >= 0.6 is 12.2 Å². The number of allylic oxidation sites excluding steroid dienone is 1. The third-order valence-corrected chi connectivity index (χ3v) is 5.60. The molecule has 0 amide bonds. The second-order valence-electron chi connectivity index (χ2n) is 7.04. The van der Waals surface area contributed by atoms with Crippen molar-refractivity contribution >= 4 is 17.3 Å². The molecule has 1 aliphatic carbocycles. The van der Waals surface area contributed by atoms with Gasteiger partial charge in [0.05, 0.1) is 6.04 Å². The number of nitrogens with one attached hydrogen (secondary N) is 1. The Labute approximate surface area is 155 Å². The molecule has 2 aliphatic rings. The lowest BCUT2D eigenvalue weighted by Gasteiger charge is -2.42. The molecule has 0 bridgehead atoms. The van der Waals surface area contributed by atoms with E-state index >= 15 is 0 Å². The molecule has 0 saturated carbocycles. The van der Waals surface area contributed by atoms with Crippen molar-refractivity contribution in [3.63, 3.8) is 0 Å². The van der Waals surface area contributed by atoms with Gasteiger partial charge in [0.1, 0.15) is 0 Å². The summed E-state index contributed by atoms with van der Waals surface area (Å²) in [6.07, 6.45) is 4.82. The molecule has 1 aliphatic heterocycles. The van der Waals surface area contributed by atoms with E-state index in [1.807, 2.05) is 0 Å². The van der Waals surface area contributed by atoms with Crippen molar-refractivity contribution < 1.29 is 0 Å². The largest absolute Gasteiger partial charge is 0.352 e. The zero-order valence-corrected chi connectivity index (χ0v) is 15.5. The highest BCUT2D eigenvalue weighted by atomic mass is 32.1. The van der Waals surface area contributed by atoms with Crippen molar-refractivity contribution in [2.45, 2.75) is 45.2 Å². The maximum Gasteiger partial charge on any atom is 0.174 e. The molecule has 2 aromatic rings. The average Bonchev–Trinajstić information content (AvgIpc) is 2.65. The highest BCUT2D eigenvalue weighted by Gasteiger charge is 2.32. The van der Waals surface area contributed by atoms with Gasteiger partial charge in [0.25, 0.3) is 0 Å². The van der Waals surface area contributed by atoms with E-state index in [0.29, 0.717) is 0 Å². The summed E-state index contributed by atoms with van der Waals surface area (Å²) in [5.74, 6) is 0. The van der Waals surface area contributed by atoms with Crippen LogP contribution < -0.4 is 5.32 Å². The van der Waals surface area contributed by atoms with Crippen molar-refractivity contribution in [3.8, 4) is 0 Å². The highest BCUT2D eigenvalue weighted by molar-refractivity contribution is 7.80. The molecule has 0 saturated heterocycles. The van der Waals surface area contributed by atoms with Gasteiger partial charge < -0.3 is 10.2 Å². The maximum absolute atomic E-state index is 5.78. The van der Waals surface area contributed by atoms with Crippen LogP contribution in [0.5, 0.6) is 0 Å². The zero-order chi connectivity index (χ0) is 17.2. The van der Waals surface area contributed by atoms with E-state index in [1.54, 1.807) is 0 Å². The molecule has 1 atom stereocenters. The average molecular weight is 349 g/mol. The molecule has 0 spiro atoms. The molecule has 1 heterocycles. The summed E-state index contributed by atoms with van der Waals surface area (Å²) in [5, 5.41) is 4.48. The Bertz CT molecular complexity index is 793.